The normalized spacial score (nSPS) is 10.9. The summed E-state index contributed by atoms with van der Waals surface area (Å²) >= 11 is 0. The summed E-state index contributed by atoms with van der Waals surface area (Å²) in [6, 6.07) is 0. The molecule has 0 radical (unpaired) electrons. The summed E-state index contributed by atoms with van der Waals surface area (Å²) in [6.45, 7) is 4.30. The molecule has 15 heavy (non-hydrogen) atoms. The maximum absolute atomic E-state index is 5.82. The summed E-state index contributed by atoms with van der Waals surface area (Å²) in [5.41, 5.74) is 8.30. The first-order valence-corrected chi connectivity index (χ1v) is 4.60. The zero-order chi connectivity index (χ0) is 11.0. The summed E-state index contributed by atoms with van der Waals surface area (Å²) in [7, 11) is 1.73. The van der Waals surface area contributed by atoms with Gasteiger partial charge < -0.3 is 5.73 Å². The van der Waals surface area contributed by atoms with Crippen molar-refractivity contribution in [2.24, 2.45) is 7.05 Å². The molecule has 0 aliphatic carbocycles. The number of rotatable bonds is 2. The smallest absolute Gasteiger partial charge is 0.196 e. The lowest BCUT2D eigenvalue weighted by atomic mass is 10.3. The highest BCUT2D eigenvalue weighted by Crippen LogP contribution is 2.14. The van der Waals surface area contributed by atoms with Crippen LogP contribution < -0.4 is 5.73 Å². The molecule has 2 aromatic rings. The van der Waals surface area contributed by atoms with Crippen LogP contribution in [0.1, 0.15) is 17.2 Å². The second kappa shape index (κ2) is 3.34. The Kier molecular flexibility index (Phi) is 2.14. The van der Waals surface area contributed by atoms with Gasteiger partial charge in [-0.05, 0) is 19.1 Å². The van der Waals surface area contributed by atoms with E-state index in [-0.39, 0.29) is 0 Å². The second-order valence-electron chi connectivity index (χ2n) is 3.44. The number of hydrogen-bond donors (Lipinski definition) is 1. The molecule has 7 heteroatoms. The third-order valence-electron chi connectivity index (χ3n) is 2.28. The molecule has 7 nitrogen and oxygen atoms in total. The summed E-state index contributed by atoms with van der Waals surface area (Å²) < 4.78 is 1.78. The number of nitrogen functional groups attached to an aromatic ring is 1. The van der Waals surface area contributed by atoms with Gasteiger partial charge in [-0.3, -0.25) is 4.68 Å². The van der Waals surface area contributed by atoms with Crippen LogP contribution in [0.25, 0.3) is 0 Å². The molecule has 0 aromatic carbocycles. The van der Waals surface area contributed by atoms with Crippen molar-refractivity contribution in [3.05, 3.63) is 17.2 Å². The number of aryl methyl sites for hydroxylation is 2. The molecule has 0 bridgehead atoms. The van der Waals surface area contributed by atoms with Gasteiger partial charge in [-0.15, -0.1) is 10.2 Å². The van der Waals surface area contributed by atoms with Crippen molar-refractivity contribution >= 4 is 5.69 Å². The standard InChI is InChI=1S/C8H13N7/c1-5-8(9)6(2)15(11-5)4-7-10-13-14(3)12-7/h4,9H2,1-3H3. The first kappa shape index (κ1) is 9.63. The molecule has 0 saturated carbocycles. The van der Waals surface area contributed by atoms with Crippen molar-refractivity contribution < 1.29 is 0 Å². The van der Waals surface area contributed by atoms with Crippen molar-refractivity contribution in [1.29, 1.82) is 0 Å². The van der Waals surface area contributed by atoms with E-state index in [1.807, 2.05) is 13.8 Å². The van der Waals surface area contributed by atoms with Crippen molar-refractivity contribution in [1.82, 2.24) is 30.0 Å². The molecule has 2 rings (SSSR count). The molecule has 0 aliphatic rings. The molecule has 0 aliphatic heterocycles. The predicted molar refractivity (Wildman–Crippen MR) is 54.0 cm³/mol. The molecular formula is C8H13N7. The Balaban J connectivity index is 2.28. The van der Waals surface area contributed by atoms with Crippen LogP contribution in [-0.4, -0.2) is 30.0 Å². The minimum absolute atomic E-state index is 0.498. The topological polar surface area (TPSA) is 87.4 Å². The van der Waals surface area contributed by atoms with Crippen LogP contribution in [0.4, 0.5) is 5.69 Å². The molecule has 2 N–H and O–H groups in total. The third kappa shape index (κ3) is 1.67. The number of anilines is 1. The number of nitrogens with two attached hydrogens (primary N) is 1. The van der Waals surface area contributed by atoms with Crippen LogP contribution in [-0.2, 0) is 13.6 Å². The van der Waals surface area contributed by atoms with Crippen molar-refractivity contribution in [3.63, 3.8) is 0 Å². The second-order valence-corrected chi connectivity index (χ2v) is 3.44. The van der Waals surface area contributed by atoms with E-state index < -0.39 is 0 Å². The van der Waals surface area contributed by atoms with E-state index >= 15 is 0 Å². The maximum Gasteiger partial charge on any atom is 0.196 e. The zero-order valence-electron chi connectivity index (χ0n) is 8.97. The van der Waals surface area contributed by atoms with Crippen LogP contribution in [0.15, 0.2) is 0 Å². The molecule has 2 aromatic heterocycles. The molecular weight excluding hydrogens is 194 g/mol. The van der Waals surface area contributed by atoms with E-state index in [4.69, 9.17) is 5.73 Å². The van der Waals surface area contributed by atoms with E-state index in [0.29, 0.717) is 12.4 Å². The monoisotopic (exact) mass is 207 g/mol. The zero-order valence-corrected chi connectivity index (χ0v) is 8.97. The van der Waals surface area contributed by atoms with E-state index in [0.717, 1.165) is 17.1 Å². The highest BCUT2D eigenvalue weighted by atomic mass is 15.6. The van der Waals surface area contributed by atoms with Crippen LogP contribution in [0.5, 0.6) is 0 Å². The fourth-order valence-corrected chi connectivity index (χ4v) is 1.39. The Morgan fingerprint density at radius 2 is 2.00 bits per heavy atom. The van der Waals surface area contributed by atoms with Gasteiger partial charge in [0, 0.05) is 0 Å². The van der Waals surface area contributed by atoms with Gasteiger partial charge in [0.2, 0.25) is 0 Å². The highest BCUT2D eigenvalue weighted by Gasteiger charge is 2.10. The maximum atomic E-state index is 5.82. The summed E-state index contributed by atoms with van der Waals surface area (Å²) in [5, 5.41) is 16.0. The van der Waals surface area contributed by atoms with E-state index in [1.54, 1.807) is 11.7 Å². The summed E-state index contributed by atoms with van der Waals surface area (Å²) in [5.74, 6) is 0.628. The lowest BCUT2D eigenvalue weighted by molar-refractivity contribution is 0.610. The third-order valence-corrected chi connectivity index (χ3v) is 2.28. The SMILES string of the molecule is Cc1nn(Cc2nnn(C)n2)c(C)c1N. The average molecular weight is 207 g/mol. The van der Waals surface area contributed by atoms with Gasteiger partial charge in [0.1, 0.15) is 6.54 Å². The van der Waals surface area contributed by atoms with Crippen LogP contribution in [0.3, 0.4) is 0 Å². The minimum atomic E-state index is 0.498. The molecule has 0 fully saturated rings. The summed E-state index contributed by atoms with van der Waals surface area (Å²) in [4.78, 5) is 1.42. The molecule has 0 atom stereocenters. The Morgan fingerprint density at radius 3 is 2.47 bits per heavy atom. The average Bonchev–Trinajstić information content (AvgIpc) is 2.68. The van der Waals surface area contributed by atoms with Crippen molar-refractivity contribution in [3.8, 4) is 0 Å². The molecule has 2 heterocycles. The largest absolute Gasteiger partial charge is 0.396 e. The number of tetrazole rings is 1. The fraction of sp³-hybridized carbons (Fsp3) is 0.500. The number of nitrogens with zero attached hydrogens (tertiary/aromatic N) is 6. The first-order valence-electron chi connectivity index (χ1n) is 4.60. The van der Waals surface area contributed by atoms with E-state index in [9.17, 15) is 0 Å². The molecule has 0 saturated heterocycles. The predicted octanol–water partition coefficient (Wildman–Crippen LogP) is -0.346. The van der Waals surface area contributed by atoms with E-state index in [1.165, 1.54) is 4.80 Å². The Hall–Kier alpha value is -1.92. The molecule has 0 unspecified atom stereocenters. The summed E-state index contributed by atoms with van der Waals surface area (Å²) in [6.07, 6.45) is 0. The Labute approximate surface area is 86.9 Å². The van der Waals surface area contributed by atoms with Gasteiger partial charge in [0.05, 0.1) is 24.1 Å². The minimum Gasteiger partial charge on any atom is -0.396 e. The Bertz CT molecular complexity index is 481. The number of aromatic nitrogens is 6. The fourth-order valence-electron chi connectivity index (χ4n) is 1.39. The van der Waals surface area contributed by atoms with Crippen LogP contribution >= 0.6 is 0 Å². The van der Waals surface area contributed by atoms with E-state index in [2.05, 4.69) is 20.5 Å². The Morgan fingerprint density at radius 1 is 1.27 bits per heavy atom. The first-order chi connectivity index (χ1) is 7.08. The van der Waals surface area contributed by atoms with Gasteiger partial charge in [-0.25, -0.2) is 0 Å². The van der Waals surface area contributed by atoms with Crippen LogP contribution in [0, 0.1) is 13.8 Å². The molecule has 0 amide bonds. The quantitative estimate of drug-likeness (QED) is 0.727. The van der Waals surface area contributed by atoms with Gasteiger partial charge in [0.25, 0.3) is 0 Å². The molecule has 80 valence electrons. The van der Waals surface area contributed by atoms with Gasteiger partial charge in [-0.2, -0.15) is 9.90 Å². The van der Waals surface area contributed by atoms with Gasteiger partial charge in [-0.1, -0.05) is 0 Å². The lowest BCUT2D eigenvalue weighted by Crippen LogP contribution is -2.06. The number of hydrogen-bond acceptors (Lipinski definition) is 5. The molecule has 0 spiro atoms. The van der Waals surface area contributed by atoms with Crippen molar-refractivity contribution in [2.45, 2.75) is 20.4 Å². The lowest BCUT2D eigenvalue weighted by Gasteiger charge is -1.99. The van der Waals surface area contributed by atoms with Gasteiger partial charge in [0.15, 0.2) is 5.82 Å². The van der Waals surface area contributed by atoms with Gasteiger partial charge >= 0.3 is 0 Å². The highest BCUT2D eigenvalue weighted by molar-refractivity contribution is 5.46. The van der Waals surface area contributed by atoms with Crippen LogP contribution in [0.2, 0.25) is 0 Å². The van der Waals surface area contributed by atoms with Crippen molar-refractivity contribution in [2.75, 3.05) is 5.73 Å².